The van der Waals surface area contributed by atoms with Gasteiger partial charge < -0.3 is 15.5 Å². The minimum Gasteiger partial charge on any atom is -0.353 e. The van der Waals surface area contributed by atoms with Crippen LogP contribution < -0.4 is 10.6 Å². The maximum Gasteiger partial charge on any atom is 0.237 e. The summed E-state index contributed by atoms with van der Waals surface area (Å²) in [6, 6.07) is -0.327. The van der Waals surface area contributed by atoms with E-state index in [1.807, 2.05) is 4.90 Å². The van der Waals surface area contributed by atoms with E-state index >= 15 is 0 Å². The topological polar surface area (TPSA) is 61.4 Å². The van der Waals surface area contributed by atoms with E-state index in [0.29, 0.717) is 13.0 Å². The Hall–Kier alpha value is -1.10. The van der Waals surface area contributed by atoms with Crippen molar-refractivity contribution in [3.8, 4) is 0 Å². The standard InChI is InChI=1S/C10H17N3O2/c14-9(13-5-1-2-6-13)7-8-10(15)12-4-3-11-8/h8,11H,1-7H2,(H,12,15). The number of hydrogen-bond donors (Lipinski definition) is 2. The van der Waals surface area contributed by atoms with Gasteiger partial charge in [-0.2, -0.15) is 0 Å². The van der Waals surface area contributed by atoms with Gasteiger partial charge in [-0.15, -0.1) is 0 Å². The monoisotopic (exact) mass is 211 g/mol. The number of nitrogens with zero attached hydrogens (tertiary/aromatic N) is 1. The van der Waals surface area contributed by atoms with Crippen molar-refractivity contribution < 1.29 is 9.59 Å². The number of amides is 2. The molecule has 2 amide bonds. The number of rotatable bonds is 2. The van der Waals surface area contributed by atoms with E-state index < -0.39 is 0 Å². The zero-order valence-electron chi connectivity index (χ0n) is 8.79. The number of piperazine rings is 1. The van der Waals surface area contributed by atoms with Gasteiger partial charge in [0.2, 0.25) is 11.8 Å². The lowest BCUT2D eigenvalue weighted by molar-refractivity contribution is -0.134. The molecule has 0 radical (unpaired) electrons. The Morgan fingerprint density at radius 2 is 2.07 bits per heavy atom. The van der Waals surface area contributed by atoms with Crippen LogP contribution in [0.15, 0.2) is 0 Å². The molecule has 5 heteroatoms. The summed E-state index contributed by atoms with van der Waals surface area (Å²) >= 11 is 0. The van der Waals surface area contributed by atoms with Crippen molar-refractivity contribution in [2.75, 3.05) is 26.2 Å². The molecule has 2 aliphatic rings. The molecule has 84 valence electrons. The second-order valence-electron chi connectivity index (χ2n) is 4.09. The van der Waals surface area contributed by atoms with Crippen molar-refractivity contribution in [3.05, 3.63) is 0 Å². The zero-order chi connectivity index (χ0) is 10.7. The SMILES string of the molecule is O=C1NCCNC1CC(=O)N1CCCC1. The summed E-state index contributed by atoms with van der Waals surface area (Å²) in [7, 11) is 0. The highest BCUT2D eigenvalue weighted by Gasteiger charge is 2.27. The van der Waals surface area contributed by atoms with Crippen LogP contribution in [0.1, 0.15) is 19.3 Å². The highest BCUT2D eigenvalue weighted by atomic mass is 16.2. The molecule has 0 bridgehead atoms. The Morgan fingerprint density at radius 1 is 1.33 bits per heavy atom. The van der Waals surface area contributed by atoms with Gasteiger partial charge in [0.1, 0.15) is 0 Å². The molecule has 0 aromatic rings. The molecule has 5 nitrogen and oxygen atoms in total. The first-order valence-corrected chi connectivity index (χ1v) is 5.56. The molecule has 0 aliphatic carbocycles. The molecule has 2 heterocycles. The van der Waals surface area contributed by atoms with Crippen LogP contribution in [-0.4, -0.2) is 48.9 Å². The quantitative estimate of drug-likeness (QED) is 0.621. The second kappa shape index (κ2) is 4.61. The Labute approximate surface area is 89.2 Å². The minimum absolute atomic E-state index is 0.0474. The average Bonchev–Trinajstić information content (AvgIpc) is 2.74. The van der Waals surface area contributed by atoms with E-state index in [4.69, 9.17) is 0 Å². The van der Waals surface area contributed by atoms with E-state index in [0.717, 1.165) is 32.5 Å². The van der Waals surface area contributed by atoms with Crippen LogP contribution in [0.2, 0.25) is 0 Å². The predicted molar refractivity (Wildman–Crippen MR) is 55.2 cm³/mol. The molecule has 2 aliphatic heterocycles. The van der Waals surface area contributed by atoms with Crippen LogP contribution in [0.5, 0.6) is 0 Å². The van der Waals surface area contributed by atoms with Crippen LogP contribution in [0.25, 0.3) is 0 Å². The molecule has 0 saturated carbocycles. The molecule has 15 heavy (non-hydrogen) atoms. The third-order valence-electron chi connectivity index (χ3n) is 2.97. The van der Waals surface area contributed by atoms with Crippen molar-refractivity contribution in [2.24, 2.45) is 0 Å². The molecular formula is C10H17N3O2. The molecule has 0 aromatic heterocycles. The average molecular weight is 211 g/mol. The fourth-order valence-electron chi connectivity index (χ4n) is 2.08. The molecule has 2 fully saturated rings. The van der Waals surface area contributed by atoms with Gasteiger partial charge in [0.25, 0.3) is 0 Å². The van der Waals surface area contributed by atoms with Crippen molar-refractivity contribution in [1.82, 2.24) is 15.5 Å². The summed E-state index contributed by atoms with van der Waals surface area (Å²) in [6.45, 7) is 3.12. The van der Waals surface area contributed by atoms with Crippen molar-refractivity contribution in [2.45, 2.75) is 25.3 Å². The number of carbonyl (C=O) groups is 2. The number of hydrogen-bond acceptors (Lipinski definition) is 3. The summed E-state index contributed by atoms with van der Waals surface area (Å²) < 4.78 is 0. The van der Waals surface area contributed by atoms with E-state index in [-0.39, 0.29) is 17.9 Å². The van der Waals surface area contributed by atoms with Gasteiger partial charge in [-0.05, 0) is 12.8 Å². The van der Waals surface area contributed by atoms with Gasteiger partial charge in [0, 0.05) is 26.2 Å². The van der Waals surface area contributed by atoms with Gasteiger partial charge >= 0.3 is 0 Å². The van der Waals surface area contributed by atoms with Gasteiger partial charge in [-0.25, -0.2) is 0 Å². The molecule has 2 rings (SSSR count). The number of carbonyl (C=O) groups excluding carboxylic acids is 2. The van der Waals surface area contributed by atoms with Gasteiger partial charge in [0.05, 0.1) is 12.5 Å². The molecule has 1 atom stereocenters. The summed E-state index contributed by atoms with van der Waals surface area (Å²) in [5.74, 6) is 0.0517. The third kappa shape index (κ3) is 2.47. The molecule has 1 unspecified atom stereocenters. The lowest BCUT2D eigenvalue weighted by Crippen LogP contribution is -2.54. The van der Waals surface area contributed by atoms with Gasteiger partial charge in [-0.3, -0.25) is 9.59 Å². The molecule has 2 saturated heterocycles. The largest absolute Gasteiger partial charge is 0.353 e. The summed E-state index contributed by atoms with van der Waals surface area (Å²) in [5.41, 5.74) is 0. The highest BCUT2D eigenvalue weighted by Crippen LogP contribution is 2.10. The van der Waals surface area contributed by atoms with Gasteiger partial charge in [0.15, 0.2) is 0 Å². The molecule has 0 spiro atoms. The lowest BCUT2D eigenvalue weighted by atomic mass is 10.1. The Morgan fingerprint density at radius 3 is 2.73 bits per heavy atom. The first-order chi connectivity index (χ1) is 7.27. The molecule has 2 N–H and O–H groups in total. The fraction of sp³-hybridized carbons (Fsp3) is 0.800. The summed E-state index contributed by atoms with van der Waals surface area (Å²) in [6.07, 6.45) is 2.48. The van der Waals surface area contributed by atoms with Crippen LogP contribution >= 0.6 is 0 Å². The smallest absolute Gasteiger partial charge is 0.237 e. The second-order valence-corrected chi connectivity index (χ2v) is 4.09. The normalized spacial score (nSPS) is 26.5. The highest BCUT2D eigenvalue weighted by molar-refractivity contribution is 5.88. The van der Waals surface area contributed by atoms with Crippen molar-refractivity contribution in [1.29, 1.82) is 0 Å². The Kier molecular flexibility index (Phi) is 3.20. The summed E-state index contributed by atoms with van der Waals surface area (Å²) in [4.78, 5) is 25.0. The van der Waals surface area contributed by atoms with E-state index in [9.17, 15) is 9.59 Å². The first kappa shape index (κ1) is 10.4. The van der Waals surface area contributed by atoms with Gasteiger partial charge in [-0.1, -0.05) is 0 Å². The van der Waals surface area contributed by atoms with Crippen LogP contribution in [0.4, 0.5) is 0 Å². The summed E-state index contributed by atoms with van der Waals surface area (Å²) in [5, 5.41) is 5.82. The Bertz CT molecular complexity index is 261. The third-order valence-corrected chi connectivity index (χ3v) is 2.97. The number of nitrogens with one attached hydrogen (secondary N) is 2. The van der Waals surface area contributed by atoms with Crippen LogP contribution in [0, 0.1) is 0 Å². The lowest BCUT2D eigenvalue weighted by Gasteiger charge is -2.25. The van der Waals surface area contributed by atoms with Crippen molar-refractivity contribution >= 4 is 11.8 Å². The molecular weight excluding hydrogens is 194 g/mol. The minimum atomic E-state index is -0.327. The van der Waals surface area contributed by atoms with Crippen LogP contribution in [-0.2, 0) is 9.59 Å². The van der Waals surface area contributed by atoms with E-state index in [1.165, 1.54) is 0 Å². The predicted octanol–water partition coefficient (Wildman–Crippen LogP) is -0.913. The maximum atomic E-state index is 11.8. The van der Waals surface area contributed by atoms with E-state index in [1.54, 1.807) is 0 Å². The van der Waals surface area contributed by atoms with Crippen molar-refractivity contribution in [3.63, 3.8) is 0 Å². The fourth-order valence-corrected chi connectivity index (χ4v) is 2.08. The van der Waals surface area contributed by atoms with Crippen LogP contribution in [0.3, 0.4) is 0 Å². The Balaban J connectivity index is 1.84. The maximum absolute atomic E-state index is 11.8. The van der Waals surface area contributed by atoms with E-state index in [2.05, 4.69) is 10.6 Å². The number of likely N-dealkylation sites (tertiary alicyclic amines) is 1. The molecule has 0 aromatic carbocycles. The first-order valence-electron chi connectivity index (χ1n) is 5.56. The zero-order valence-corrected chi connectivity index (χ0v) is 8.79.